The second kappa shape index (κ2) is 8.79. The largest absolute Gasteiger partial charge is 0.355 e. The molecule has 0 aliphatic rings. The summed E-state index contributed by atoms with van der Waals surface area (Å²) in [5, 5.41) is 5.42. The fourth-order valence-corrected chi connectivity index (χ4v) is 3.45. The van der Waals surface area contributed by atoms with Gasteiger partial charge >= 0.3 is 0 Å². The second-order valence-corrected chi connectivity index (χ2v) is 7.52. The first-order valence-electron chi connectivity index (χ1n) is 7.69. The molecule has 7 nitrogen and oxygen atoms in total. The molecule has 0 atom stereocenters. The first-order chi connectivity index (χ1) is 12.3. The first-order valence-corrected chi connectivity index (χ1v) is 9.55. The summed E-state index contributed by atoms with van der Waals surface area (Å²) in [6.45, 7) is -0.0736. The van der Waals surface area contributed by atoms with E-state index in [4.69, 9.17) is 11.6 Å². The van der Waals surface area contributed by atoms with Crippen LogP contribution in [-0.4, -0.2) is 33.8 Å². The Morgan fingerprint density at radius 1 is 1.08 bits per heavy atom. The predicted octanol–water partition coefficient (Wildman–Crippen LogP) is 2.01. The summed E-state index contributed by atoms with van der Waals surface area (Å²) in [7, 11) is -2.23. The van der Waals surface area contributed by atoms with Gasteiger partial charge in [-0.25, -0.2) is 13.1 Å². The molecule has 0 heterocycles. The van der Waals surface area contributed by atoms with Gasteiger partial charge in [-0.15, -0.1) is 0 Å². The van der Waals surface area contributed by atoms with Crippen LogP contribution >= 0.6 is 11.6 Å². The van der Waals surface area contributed by atoms with Crippen molar-refractivity contribution in [3.63, 3.8) is 0 Å². The lowest BCUT2D eigenvalue weighted by molar-refractivity contribution is -0.116. The van der Waals surface area contributed by atoms with E-state index in [0.29, 0.717) is 16.3 Å². The van der Waals surface area contributed by atoms with Crippen molar-refractivity contribution in [1.29, 1.82) is 0 Å². The van der Waals surface area contributed by atoms with Crippen molar-refractivity contribution in [3.8, 4) is 0 Å². The first kappa shape index (κ1) is 19.9. The molecule has 0 spiro atoms. The van der Waals surface area contributed by atoms with Gasteiger partial charge in [-0.05, 0) is 36.4 Å². The van der Waals surface area contributed by atoms with Crippen LogP contribution in [0.5, 0.6) is 0 Å². The van der Waals surface area contributed by atoms with Gasteiger partial charge in [-0.1, -0.05) is 23.7 Å². The summed E-state index contributed by atoms with van der Waals surface area (Å²) in [5.74, 6) is -0.650. The molecular formula is C17H18ClN3O4S. The molecule has 2 aromatic rings. The highest BCUT2D eigenvalue weighted by molar-refractivity contribution is 7.89. The number of nitrogens with one attached hydrogen (secondary N) is 3. The number of amides is 2. The molecule has 0 saturated heterocycles. The summed E-state index contributed by atoms with van der Waals surface area (Å²) in [4.78, 5) is 23.6. The van der Waals surface area contributed by atoms with Crippen LogP contribution in [0.4, 0.5) is 5.69 Å². The summed E-state index contributed by atoms with van der Waals surface area (Å²) >= 11 is 5.79. The number of anilines is 1. The highest BCUT2D eigenvalue weighted by Crippen LogP contribution is 2.15. The fraction of sp³-hybridized carbons (Fsp3) is 0.176. The minimum absolute atomic E-state index is 0.0312. The van der Waals surface area contributed by atoms with Crippen LogP contribution in [0.25, 0.3) is 0 Å². The van der Waals surface area contributed by atoms with Crippen molar-refractivity contribution in [1.82, 2.24) is 10.0 Å². The van der Waals surface area contributed by atoms with Crippen molar-refractivity contribution in [2.75, 3.05) is 18.9 Å². The molecule has 2 aromatic carbocycles. The fourth-order valence-electron chi connectivity index (χ4n) is 2.12. The average Bonchev–Trinajstić information content (AvgIpc) is 2.61. The molecule has 0 aliphatic heterocycles. The minimum Gasteiger partial charge on any atom is -0.355 e. The lowest BCUT2D eigenvalue weighted by atomic mass is 10.2. The number of benzene rings is 2. The van der Waals surface area contributed by atoms with E-state index in [2.05, 4.69) is 15.4 Å². The molecule has 9 heteroatoms. The summed E-state index contributed by atoms with van der Waals surface area (Å²) in [6, 6.07) is 12.3. The van der Waals surface area contributed by atoms with Crippen molar-refractivity contribution in [3.05, 3.63) is 59.1 Å². The third-order valence-electron chi connectivity index (χ3n) is 3.39. The minimum atomic E-state index is -3.74. The molecule has 0 fully saturated rings. The Bertz CT molecular complexity index is 916. The number of hydrogen-bond donors (Lipinski definition) is 3. The van der Waals surface area contributed by atoms with Crippen molar-refractivity contribution in [2.24, 2.45) is 0 Å². The highest BCUT2D eigenvalue weighted by Gasteiger charge is 2.14. The molecular weight excluding hydrogens is 378 g/mol. The monoisotopic (exact) mass is 395 g/mol. The molecule has 3 N–H and O–H groups in total. The van der Waals surface area contributed by atoms with Gasteiger partial charge in [0.25, 0.3) is 5.91 Å². The van der Waals surface area contributed by atoms with Crippen LogP contribution in [0.3, 0.4) is 0 Å². The van der Waals surface area contributed by atoms with E-state index >= 15 is 0 Å². The number of sulfonamides is 1. The lowest BCUT2D eigenvalue weighted by Crippen LogP contribution is -2.28. The highest BCUT2D eigenvalue weighted by atomic mass is 35.5. The average molecular weight is 396 g/mol. The van der Waals surface area contributed by atoms with Gasteiger partial charge in [0.15, 0.2) is 0 Å². The third kappa shape index (κ3) is 5.55. The zero-order chi connectivity index (χ0) is 19.2. The smallest absolute Gasteiger partial charge is 0.251 e. The van der Waals surface area contributed by atoms with Gasteiger partial charge in [-0.2, -0.15) is 0 Å². The Balaban J connectivity index is 1.90. The summed E-state index contributed by atoms with van der Waals surface area (Å²) in [5.41, 5.74) is 0.862. The van der Waals surface area contributed by atoms with E-state index in [1.54, 1.807) is 24.3 Å². The number of carbonyl (C=O) groups excluding carboxylic acids is 2. The molecule has 0 aromatic heterocycles. The number of halogens is 1. The number of carbonyl (C=O) groups is 2. The van der Waals surface area contributed by atoms with Gasteiger partial charge in [-0.3, -0.25) is 9.59 Å². The third-order valence-corrected chi connectivity index (χ3v) is 5.08. The molecule has 2 amide bonds. The van der Waals surface area contributed by atoms with E-state index in [1.807, 2.05) is 0 Å². The molecule has 138 valence electrons. The molecule has 0 unspecified atom stereocenters. The van der Waals surface area contributed by atoms with Gasteiger partial charge in [0.05, 0.1) is 4.90 Å². The molecule has 2 rings (SSSR count). The van der Waals surface area contributed by atoms with Crippen LogP contribution < -0.4 is 15.4 Å². The summed E-state index contributed by atoms with van der Waals surface area (Å²) < 4.78 is 26.6. The molecule has 0 saturated carbocycles. The maximum atomic E-state index is 12.1. The van der Waals surface area contributed by atoms with Crippen molar-refractivity contribution >= 4 is 39.1 Å². The zero-order valence-corrected chi connectivity index (χ0v) is 15.5. The van der Waals surface area contributed by atoms with Crippen molar-refractivity contribution < 1.29 is 18.0 Å². The SMILES string of the molecule is CNC(=O)c1cccc(NC(=O)CCNS(=O)(=O)c2cccc(Cl)c2)c1. The Morgan fingerprint density at radius 2 is 1.81 bits per heavy atom. The number of rotatable bonds is 7. The topological polar surface area (TPSA) is 104 Å². The normalized spacial score (nSPS) is 11.0. The quantitative estimate of drug-likeness (QED) is 0.666. The summed E-state index contributed by atoms with van der Waals surface area (Å²) in [6.07, 6.45) is -0.0655. The van der Waals surface area contributed by atoms with Crippen LogP contribution in [0.15, 0.2) is 53.4 Å². The molecule has 0 bridgehead atoms. The Morgan fingerprint density at radius 3 is 2.50 bits per heavy atom. The maximum Gasteiger partial charge on any atom is 0.251 e. The van der Waals surface area contributed by atoms with E-state index < -0.39 is 10.0 Å². The van der Waals surface area contributed by atoms with Crippen LogP contribution in [-0.2, 0) is 14.8 Å². The number of hydrogen-bond acceptors (Lipinski definition) is 4. The molecule has 0 aliphatic carbocycles. The van der Waals surface area contributed by atoms with Gasteiger partial charge in [0.2, 0.25) is 15.9 Å². The van der Waals surface area contributed by atoms with Gasteiger partial charge in [0, 0.05) is 36.3 Å². The Hall–Kier alpha value is -2.42. The van der Waals surface area contributed by atoms with Crippen LogP contribution in [0, 0.1) is 0 Å². The van der Waals surface area contributed by atoms with E-state index in [1.165, 1.54) is 31.3 Å². The molecule has 26 heavy (non-hydrogen) atoms. The van der Waals surface area contributed by atoms with Gasteiger partial charge < -0.3 is 10.6 Å². The standard InChI is InChI=1S/C17H18ClN3O4S/c1-19-17(23)12-4-2-6-14(10-12)21-16(22)8-9-20-26(24,25)15-7-3-5-13(18)11-15/h2-7,10-11,20H,8-9H2,1H3,(H,19,23)(H,21,22). The maximum absolute atomic E-state index is 12.1. The molecule has 0 radical (unpaired) electrons. The van der Waals surface area contributed by atoms with E-state index in [-0.39, 0.29) is 29.7 Å². The van der Waals surface area contributed by atoms with E-state index in [9.17, 15) is 18.0 Å². The van der Waals surface area contributed by atoms with Gasteiger partial charge in [0.1, 0.15) is 0 Å². The zero-order valence-electron chi connectivity index (χ0n) is 14.0. The van der Waals surface area contributed by atoms with Crippen LogP contribution in [0.1, 0.15) is 16.8 Å². The Labute approximate surface area is 156 Å². The van der Waals surface area contributed by atoms with Crippen molar-refractivity contribution in [2.45, 2.75) is 11.3 Å². The lowest BCUT2D eigenvalue weighted by Gasteiger charge is -2.09. The second-order valence-electron chi connectivity index (χ2n) is 5.31. The predicted molar refractivity (Wildman–Crippen MR) is 99.7 cm³/mol. The van der Waals surface area contributed by atoms with Crippen LogP contribution in [0.2, 0.25) is 5.02 Å². The van der Waals surface area contributed by atoms with E-state index in [0.717, 1.165) is 0 Å². The Kier molecular flexibility index (Phi) is 6.73.